The summed E-state index contributed by atoms with van der Waals surface area (Å²) in [4.78, 5) is 30.2. The van der Waals surface area contributed by atoms with Crippen molar-refractivity contribution in [2.45, 2.75) is 38.5 Å². The minimum atomic E-state index is -0.290. The van der Waals surface area contributed by atoms with Crippen molar-refractivity contribution in [3.05, 3.63) is 51.7 Å². The normalized spacial score (nSPS) is 17.0. The fourth-order valence-electron chi connectivity index (χ4n) is 3.29. The van der Waals surface area contributed by atoms with Gasteiger partial charge in [0, 0.05) is 44.3 Å². The highest BCUT2D eigenvalue weighted by Gasteiger charge is 2.26. The lowest BCUT2D eigenvalue weighted by atomic mass is 9.98. The smallest absolute Gasteiger partial charge is 0.227 e. The van der Waals surface area contributed by atoms with Crippen LogP contribution in [-0.2, 0) is 22.4 Å². The topological polar surface area (TPSA) is 62.3 Å². The number of hydrogen-bond acceptors (Lipinski definition) is 4. The summed E-state index contributed by atoms with van der Waals surface area (Å²) in [6.45, 7) is 3.54. The zero-order valence-electron chi connectivity index (χ0n) is 15.4. The molecule has 1 aliphatic rings. The van der Waals surface area contributed by atoms with Gasteiger partial charge in [-0.25, -0.2) is 9.37 Å². The van der Waals surface area contributed by atoms with Crippen LogP contribution in [0.1, 0.15) is 41.9 Å². The van der Waals surface area contributed by atoms with Gasteiger partial charge in [0.25, 0.3) is 0 Å². The van der Waals surface area contributed by atoms with Gasteiger partial charge in [-0.3, -0.25) is 9.59 Å². The second kappa shape index (κ2) is 9.08. The summed E-state index contributed by atoms with van der Waals surface area (Å²) in [5, 5.41) is 5.88. The molecule has 1 atom stereocenters. The maximum absolute atomic E-state index is 13.0. The van der Waals surface area contributed by atoms with Gasteiger partial charge in [0.15, 0.2) is 0 Å². The molecule has 1 saturated heterocycles. The van der Waals surface area contributed by atoms with Crippen LogP contribution in [0.25, 0.3) is 0 Å². The third kappa shape index (κ3) is 5.60. The maximum atomic E-state index is 13.0. The first-order valence-electron chi connectivity index (χ1n) is 9.22. The summed E-state index contributed by atoms with van der Waals surface area (Å²) in [5.74, 6) is 0.0135. The SMILES string of the molecule is CC(=O)NCCc1csc([C@@H]2CCCN(C(=O)Cc3ccc(F)cc3)C2)n1. The molecular weight excluding hydrogens is 365 g/mol. The number of nitrogens with one attached hydrogen (secondary N) is 1. The van der Waals surface area contributed by atoms with E-state index in [1.807, 2.05) is 10.3 Å². The van der Waals surface area contributed by atoms with E-state index in [0.29, 0.717) is 19.5 Å². The lowest BCUT2D eigenvalue weighted by Crippen LogP contribution is -2.39. The van der Waals surface area contributed by atoms with Gasteiger partial charge in [0.2, 0.25) is 11.8 Å². The Labute approximate surface area is 162 Å². The molecule has 0 radical (unpaired) electrons. The number of carbonyl (C=O) groups excluding carboxylic acids is 2. The molecule has 0 bridgehead atoms. The lowest BCUT2D eigenvalue weighted by Gasteiger charge is -2.32. The van der Waals surface area contributed by atoms with Gasteiger partial charge in [0.05, 0.1) is 17.1 Å². The Bertz CT molecular complexity index is 791. The molecule has 1 aromatic heterocycles. The van der Waals surface area contributed by atoms with Gasteiger partial charge in [-0.1, -0.05) is 12.1 Å². The zero-order chi connectivity index (χ0) is 19.2. The number of piperidine rings is 1. The van der Waals surface area contributed by atoms with Gasteiger partial charge in [-0.15, -0.1) is 11.3 Å². The van der Waals surface area contributed by atoms with Gasteiger partial charge in [-0.05, 0) is 30.5 Å². The van der Waals surface area contributed by atoms with Crippen LogP contribution >= 0.6 is 11.3 Å². The Hall–Kier alpha value is -2.28. The molecule has 2 amide bonds. The van der Waals surface area contributed by atoms with Crippen LogP contribution in [0.4, 0.5) is 4.39 Å². The molecule has 0 saturated carbocycles. The number of hydrogen-bond donors (Lipinski definition) is 1. The number of amides is 2. The summed E-state index contributed by atoms with van der Waals surface area (Å²) >= 11 is 1.63. The van der Waals surface area contributed by atoms with Crippen molar-refractivity contribution in [1.29, 1.82) is 0 Å². The highest BCUT2D eigenvalue weighted by atomic mass is 32.1. The Morgan fingerprint density at radius 1 is 1.33 bits per heavy atom. The van der Waals surface area contributed by atoms with Crippen molar-refractivity contribution >= 4 is 23.2 Å². The monoisotopic (exact) mass is 389 g/mol. The summed E-state index contributed by atoms with van der Waals surface area (Å²) in [5.41, 5.74) is 1.82. The van der Waals surface area contributed by atoms with E-state index in [0.717, 1.165) is 42.1 Å². The van der Waals surface area contributed by atoms with Crippen molar-refractivity contribution in [1.82, 2.24) is 15.2 Å². The minimum Gasteiger partial charge on any atom is -0.356 e. The van der Waals surface area contributed by atoms with Gasteiger partial charge in [-0.2, -0.15) is 0 Å². The Balaban J connectivity index is 1.55. The Morgan fingerprint density at radius 2 is 2.11 bits per heavy atom. The molecule has 1 N–H and O–H groups in total. The van der Waals surface area contributed by atoms with E-state index < -0.39 is 0 Å². The lowest BCUT2D eigenvalue weighted by molar-refractivity contribution is -0.131. The quantitative estimate of drug-likeness (QED) is 0.826. The largest absolute Gasteiger partial charge is 0.356 e. The third-order valence-corrected chi connectivity index (χ3v) is 5.77. The van der Waals surface area contributed by atoms with Crippen molar-refractivity contribution < 1.29 is 14.0 Å². The van der Waals surface area contributed by atoms with Crippen LogP contribution in [0.2, 0.25) is 0 Å². The number of thiazole rings is 1. The molecule has 3 rings (SSSR count). The zero-order valence-corrected chi connectivity index (χ0v) is 16.2. The fourth-order valence-corrected chi connectivity index (χ4v) is 4.27. The summed E-state index contributed by atoms with van der Waals surface area (Å²) < 4.78 is 13.0. The average molecular weight is 389 g/mol. The summed E-state index contributed by atoms with van der Waals surface area (Å²) in [6, 6.07) is 6.10. The molecule has 1 aliphatic heterocycles. The molecule has 2 aromatic rings. The van der Waals surface area contributed by atoms with Crippen LogP contribution in [0, 0.1) is 5.82 Å². The highest BCUT2D eigenvalue weighted by molar-refractivity contribution is 7.09. The first-order chi connectivity index (χ1) is 13.0. The molecule has 27 heavy (non-hydrogen) atoms. The van der Waals surface area contributed by atoms with E-state index in [9.17, 15) is 14.0 Å². The third-order valence-electron chi connectivity index (χ3n) is 4.72. The first kappa shape index (κ1) is 19.5. The van der Waals surface area contributed by atoms with Crippen molar-refractivity contribution in [3.8, 4) is 0 Å². The average Bonchev–Trinajstić information content (AvgIpc) is 3.12. The summed E-state index contributed by atoms with van der Waals surface area (Å²) in [7, 11) is 0. The number of halogens is 1. The van der Waals surface area contributed by atoms with Crippen LogP contribution in [0.15, 0.2) is 29.6 Å². The van der Waals surface area contributed by atoms with E-state index >= 15 is 0 Å². The molecule has 1 fully saturated rings. The van der Waals surface area contributed by atoms with Crippen molar-refractivity contribution in [2.75, 3.05) is 19.6 Å². The standard InChI is InChI=1S/C20H24FN3O2S/c1-14(25)22-9-8-18-13-27-20(23-18)16-3-2-10-24(12-16)19(26)11-15-4-6-17(21)7-5-15/h4-7,13,16H,2-3,8-12H2,1H3,(H,22,25)/t16-/m1/s1. The van der Waals surface area contributed by atoms with Crippen LogP contribution in [0.3, 0.4) is 0 Å². The second-order valence-electron chi connectivity index (χ2n) is 6.89. The van der Waals surface area contributed by atoms with Gasteiger partial charge < -0.3 is 10.2 Å². The minimum absolute atomic E-state index is 0.0342. The first-order valence-corrected chi connectivity index (χ1v) is 10.1. The Kier molecular flexibility index (Phi) is 6.55. The summed E-state index contributed by atoms with van der Waals surface area (Å²) in [6.07, 6.45) is 3.00. The molecule has 0 unspecified atom stereocenters. The predicted molar refractivity (Wildman–Crippen MR) is 103 cm³/mol. The Morgan fingerprint density at radius 3 is 2.85 bits per heavy atom. The molecule has 2 heterocycles. The van der Waals surface area contributed by atoms with Gasteiger partial charge in [0.1, 0.15) is 5.82 Å². The van der Waals surface area contributed by atoms with Crippen molar-refractivity contribution in [3.63, 3.8) is 0 Å². The van der Waals surface area contributed by atoms with E-state index in [1.165, 1.54) is 19.1 Å². The van der Waals surface area contributed by atoms with Crippen LogP contribution < -0.4 is 5.32 Å². The highest BCUT2D eigenvalue weighted by Crippen LogP contribution is 2.29. The molecule has 0 aliphatic carbocycles. The number of aromatic nitrogens is 1. The predicted octanol–water partition coefficient (Wildman–Crippen LogP) is 2.91. The fraction of sp³-hybridized carbons (Fsp3) is 0.450. The van der Waals surface area contributed by atoms with Crippen LogP contribution in [0.5, 0.6) is 0 Å². The number of nitrogens with zero attached hydrogens (tertiary/aromatic N) is 2. The second-order valence-corrected chi connectivity index (χ2v) is 7.78. The number of rotatable bonds is 6. The molecule has 144 valence electrons. The molecular formula is C20H24FN3O2S. The molecule has 1 aromatic carbocycles. The maximum Gasteiger partial charge on any atom is 0.227 e. The molecule has 7 heteroatoms. The molecule has 0 spiro atoms. The van der Waals surface area contributed by atoms with E-state index in [4.69, 9.17) is 4.98 Å². The van der Waals surface area contributed by atoms with Crippen LogP contribution in [-0.4, -0.2) is 41.3 Å². The number of likely N-dealkylation sites (tertiary alicyclic amines) is 1. The number of carbonyl (C=O) groups is 2. The number of benzene rings is 1. The van der Waals surface area contributed by atoms with E-state index in [1.54, 1.807) is 23.5 Å². The van der Waals surface area contributed by atoms with E-state index in [2.05, 4.69) is 5.32 Å². The molecule has 5 nitrogen and oxygen atoms in total. The van der Waals surface area contributed by atoms with Gasteiger partial charge >= 0.3 is 0 Å². The van der Waals surface area contributed by atoms with Crippen molar-refractivity contribution in [2.24, 2.45) is 0 Å². The van der Waals surface area contributed by atoms with E-state index in [-0.39, 0.29) is 23.5 Å².